The Labute approximate surface area is 138 Å². The van der Waals surface area contributed by atoms with Crippen LogP contribution in [0.15, 0.2) is 48.5 Å². The molecular weight excluding hydrogens is 310 g/mol. The first kappa shape index (κ1) is 17.5. The Morgan fingerprint density at radius 2 is 1.83 bits per heavy atom. The number of rotatable bonds is 7. The molecule has 0 unspecified atom stereocenters. The van der Waals surface area contributed by atoms with Gasteiger partial charge >= 0.3 is 0 Å². The molecule has 0 aliphatic carbocycles. The van der Waals surface area contributed by atoms with E-state index in [1.54, 1.807) is 7.11 Å². The van der Waals surface area contributed by atoms with E-state index >= 15 is 0 Å². The zero-order valence-corrected chi connectivity index (χ0v) is 14.6. The highest BCUT2D eigenvalue weighted by atomic mass is 32.2. The van der Waals surface area contributed by atoms with Crippen LogP contribution in [0.2, 0.25) is 0 Å². The fourth-order valence-corrected chi connectivity index (χ4v) is 4.01. The van der Waals surface area contributed by atoms with Crippen molar-refractivity contribution in [2.45, 2.75) is 32.1 Å². The molecule has 2 aromatic carbocycles. The van der Waals surface area contributed by atoms with Gasteiger partial charge in [0.05, 0.1) is 12.9 Å². The second-order valence-corrected chi connectivity index (χ2v) is 7.31. The van der Waals surface area contributed by atoms with Crippen molar-refractivity contribution in [1.29, 1.82) is 0 Å². The maximum Gasteiger partial charge on any atom is 0.216 e. The summed E-state index contributed by atoms with van der Waals surface area (Å²) in [4.78, 5) is 0. The van der Waals surface area contributed by atoms with Gasteiger partial charge in [-0.25, -0.2) is 13.1 Å². The second kappa shape index (κ2) is 7.62. The van der Waals surface area contributed by atoms with Gasteiger partial charge in [0.2, 0.25) is 10.0 Å². The predicted molar refractivity (Wildman–Crippen MR) is 93.0 cm³/mol. The summed E-state index contributed by atoms with van der Waals surface area (Å²) in [7, 11) is -1.78. The lowest BCUT2D eigenvalue weighted by atomic mass is 10.0. The van der Waals surface area contributed by atoms with Gasteiger partial charge in [0.1, 0.15) is 5.75 Å². The summed E-state index contributed by atoms with van der Waals surface area (Å²) >= 11 is 0. The van der Waals surface area contributed by atoms with Crippen LogP contribution >= 0.6 is 0 Å². The highest BCUT2D eigenvalue weighted by molar-refractivity contribution is 7.88. The Morgan fingerprint density at radius 1 is 1.13 bits per heavy atom. The van der Waals surface area contributed by atoms with Crippen molar-refractivity contribution >= 4 is 10.0 Å². The van der Waals surface area contributed by atoms with E-state index in [0.717, 1.165) is 22.4 Å². The molecule has 0 saturated heterocycles. The van der Waals surface area contributed by atoms with E-state index in [2.05, 4.69) is 4.72 Å². The van der Waals surface area contributed by atoms with Gasteiger partial charge in [0.25, 0.3) is 0 Å². The normalized spacial score (nSPS) is 12.8. The van der Waals surface area contributed by atoms with Crippen LogP contribution in [0.3, 0.4) is 0 Å². The number of aryl methyl sites for hydroxylation is 1. The maximum absolute atomic E-state index is 12.4. The zero-order valence-electron chi connectivity index (χ0n) is 13.7. The molecule has 0 aliphatic rings. The third kappa shape index (κ3) is 4.81. The van der Waals surface area contributed by atoms with Crippen LogP contribution in [0.4, 0.5) is 0 Å². The highest BCUT2D eigenvalue weighted by Crippen LogP contribution is 2.25. The van der Waals surface area contributed by atoms with Gasteiger partial charge in [-0.15, -0.1) is 0 Å². The molecule has 0 spiro atoms. The number of sulfonamides is 1. The summed E-state index contributed by atoms with van der Waals surface area (Å²) < 4.78 is 32.9. The van der Waals surface area contributed by atoms with E-state index < -0.39 is 10.0 Å². The van der Waals surface area contributed by atoms with E-state index in [0.29, 0.717) is 6.42 Å². The number of hydrogen-bond acceptors (Lipinski definition) is 3. The maximum atomic E-state index is 12.4. The van der Waals surface area contributed by atoms with Crippen LogP contribution in [0.25, 0.3) is 0 Å². The Hall–Kier alpha value is -1.85. The first-order chi connectivity index (χ1) is 10.9. The van der Waals surface area contributed by atoms with Crippen molar-refractivity contribution in [1.82, 2.24) is 4.72 Å². The van der Waals surface area contributed by atoms with Crippen molar-refractivity contribution in [2.75, 3.05) is 7.11 Å². The van der Waals surface area contributed by atoms with Crippen LogP contribution in [0, 0.1) is 6.92 Å². The van der Waals surface area contributed by atoms with Crippen LogP contribution < -0.4 is 9.46 Å². The lowest BCUT2D eigenvalue weighted by Gasteiger charge is -2.19. The lowest BCUT2D eigenvalue weighted by Crippen LogP contribution is -2.29. The quantitative estimate of drug-likeness (QED) is 0.843. The highest BCUT2D eigenvalue weighted by Gasteiger charge is 2.19. The van der Waals surface area contributed by atoms with Gasteiger partial charge in [0, 0.05) is 6.04 Å². The molecule has 1 atom stereocenters. The van der Waals surface area contributed by atoms with Crippen LogP contribution in [0.1, 0.15) is 36.1 Å². The third-order valence-electron chi connectivity index (χ3n) is 3.75. The molecule has 124 valence electrons. The van der Waals surface area contributed by atoms with E-state index in [1.807, 2.05) is 62.4 Å². The Balaban J connectivity index is 2.16. The van der Waals surface area contributed by atoms with E-state index in [1.165, 1.54) is 0 Å². The van der Waals surface area contributed by atoms with Gasteiger partial charge in [-0.05, 0) is 36.1 Å². The summed E-state index contributed by atoms with van der Waals surface area (Å²) in [6, 6.07) is 14.7. The molecular formula is C18H23NO3S. The molecule has 2 rings (SSSR count). The minimum atomic E-state index is -3.40. The summed E-state index contributed by atoms with van der Waals surface area (Å²) in [6.07, 6.45) is 0.680. The molecule has 0 aromatic heterocycles. The molecule has 0 saturated carbocycles. The van der Waals surface area contributed by atoms with Crippen LogP contribution in [-0.2, 0) is 15.8 Å². The smallest absolute Gasteiger partial charge is 0.216 e. The predicted octanol–water partition coefficient (Wildman–Crippen LogP) is 3.57. The van der Waals surface area contributed by atoms with Crippen molar-refractivity contribution < 1.29 is 13.2 Å². The SMILES string of the molecule is CC[C@@H](NS(=O)(=O)Cc1ccccc1)c1ccc(OC)c(C)c1. The fraction of sp³-hybridized carbons (Fsp3) is 0.333. The number of hydrogen-bond donors (Lipinski definition) is 1. The van der Waals surface area contributed by atoms with Gasteiger partial charge in [-0.2, -0.15) is 0 Å². The number of methoxy groups -OCH3 is 1. The second-order valence-electron chi connectivity index (χ2n) is 5.55. The Kier molecular flexibility index (Phi) is 5.80. The fourth-order valence-electron chi connectivity index (χ4n) is 2.56. The van der Waals surface area contributed by atoms with Crippen molar-refractivity contribution in [3.05, 3.63) is 65.2 Å². The average molecular weight is 333 g/mol. The number of ether oxygens (including phenoxy) is 1. The average Bonchev–Trinajstić information content (AvgIpc) is 2.53. The van der Waals surface area contributed by atoms with Gasteiger partial charge in [-0.3, -0.25) is 0 Å². The molecule has 5 heteroatoms. The Morgan fingerprint density at radius 3 is 2.39 bits per heavy atom. The minimum absolute atomic E-state index is 0.0144. The molecule has 2 aromatic rings. The standard InChI is InChI=1S/C18H23NO3S/c1-4-17(16-10-11-18(22-3)14(2)12-16)19-23(20,21)13-15-8-6-5-7-9-15/h5-12,17,19H,4,13H2,1-3H3/t17-/m1/s1. The van der Waals surface area contributed by atoms with Crippen molar-refractivity contribution in [3.63, 3.8) is 0 Å². The topological polar surface area (TPSA) is 55.4 Å². The lowest BCUT2D eigenvalue weighted by molar-refractivity contribution is 0.411. The van der Waals surface area contributed by atoms with Crippen LogP contribution in [-0.4, -0.2) is 15.5 Å². The van der Waals surface area contributed by atoms with Gasteiger partial charge < -0.3 is 4.74 Å². The molecule has 0 amide bonds. The Bertz CT molecular complexity index is 742. The summed E-state index contributed by atoms with van der Waals surface area (Å²) in [6.45, 7) is 3.92. The van der Waals surface area contributed by atoms with E-state index in [-0.39, 0.29) is 11.8 Å². The van der Waals surface area contributed by atoms with Gasteiger partial charge in [0.15, 0.2) is 0 Å². The molecule has 1 N–H and O–H groups in total. The molecule has 0 bridgehead atoms. The summed E-state index contributed by atoms with van der Waals surface area (Å²) in [5.74, 6) is 0.787. The van der Waals surface area contributed by atoms with Crippen molar-refractivity contribution in [2.24, 2.45) is 0 Å². The summed E-state index contributed by atoms with van der Waals surface area (Å²) in [5.41, 5.74) is 2.72. The largest absolute Gasteiger partial charge is 0.496 e. The molecule has 23 heavy (non-hydrogen) atoms. The molecule has 0 heterocycles. The van der Waals surface area contributed by atoms with Crippen molar-refractivity contribution in [3.8, 4) is 5.75 Å². The third-order valence-corrected chi connectivity index (χ3v) is 5.11. The molecule has 0 fully saturated rings. The number of nitrogens with one attached hydrogen (secondary N) is 1. The van der Waals surface area contributed by atoms with Gasteiger partial charge in [-0.1, -0.05) is 49.4 Å². The first-order valence-corrected chi connectivity index (χ1v) is 9.29. The first-order valence-electron chi connectivity index (χ1n) is 7.63. The molecule has 0 aliphatic heterocycles. The number of benzene rings is 2. The monoisotopic (exact) mass is 333 g/mol. The van der Waals surface area contributed by atoms with E-state index in [9.17, 15) is 8.42 Å². The molecule has 0 radical (unpaired) electrons. The van der Waals surface area contributed by atoms with E-state index in [4.69, 9.17) is 4.74 Å². The summed E-state index contributed by atoms with van der Waals surface area (Å²) in [5, 5.41) is 0. The molecule has 4 nitrogen and oxygen atoms in total. The van der Waals surface area contributed by atoms with Crippen LogP contribution in [0.5, 0.6) is 5.75 Å². The zero-order chi connectivity index (χ0) is 16.9. The minimum Gasteiger partial charge on any atom is -0.496 e.